The quantitative estimate of drug-likeness (QED) is 0.569. The molecule has 0 saturated carbocycles. The van der Waals surface area contributed by atoms with Gasteiger partial charge in [-0.2, -0.15) is 0 Å². The van der Waals surface area contributed by atoms with E-state index in [0.717, 1.165) is 61.5 Å². The molecule has 7 nitrogen and oxygen atoms in total. The van der Waals surface area contributed by atoms with E-state index >= 15 is 0 Å². The molecule has 3 aromatic rings. The zero-order chi connectivity index (χ0) is 19.5. The topological polar surface area (TPSA) is 90.4 Å². The van der Waals surface area contributed by atoms with E-state index in [4.69, 9.17) is 10.5 Å². The Morgan fingerprint density at radius 3 is 2.79 bits per heavy atom. The van der Waals surface area contributed by atoms with Crippen LogP contribution in [0.4, 0.5) is 5.69 Å². The molecule has 1 fully saturated rings. The zero-order valence-corrected chi connectivity index (χ0v) is 16.2. The van der Waals surface area contributed by atoms with E-state index in [-0.39, 0.29) is 5.56 Å². The summed E-state index contributed by atoms with van der Waals surface area (Å²) in [5, 5.41) is 1.01. The molecule has 28 heavy (non-hydrogen) atoms. The minimum absolute atomic E-state index is 0.166. The largest absolute Gasteiger partial charge is 0.494 e. The van der Waals surface area contributed by atoms with Gasteiger partial charge in [-0.25, -0.2) is 0 Å². The number of benzene rings is 1. The van der Waals surface area contributed by atoms with Gasteiger partial charge in [0.15, 0.2) is 0 Å². The molecule has 1 aromatic carbocycles. The van der Waals surface area contributed by atoms with E-state index in [1.807, 2.05) is 24.3 Å². The Morgan fingerprint density at radius 1 is 1.14 bits per heavy atom. The number of hydrogen-bond donors (Lipinski definition) is 3. The molecular weight excluding hydrogens is 354 g/mol. The summed E-state index contributed by atoms with van der Waals surface area (Å²) in [4.78, 5) is 22.9. The molecule has 7 heteroatoms. The van der Waals surface area contributed by atoms with Crippen molar-refractivity contribution in [3.8, 4) is 17.0 Å². The Balaban J connectivity index is 1.38. The summed E-state index contributed by atoms with van der Waals surface area (Å²) >= 11 is 0. The highest BCUT2D eigenvalue weighted by Crippen LogP contribution is 2.26. The molecule has 0 radical (unpaired) electrons. The number of nitrogens with two attached hydrogens (primary N) is 1. The first-order valence-corrected chi connectivity index (χ1v) is 9.73. The lowest BCUT2D eigenvalue weighted by Gasteiger charge is -2.32. The SMILES string of the molecule is CN1CCN(CCCOc2ccc3[nH]c(-c4cc(N)c[nH]c4=O)cc3c2)CC1. The second kappa shape index (κ2) is 8.08. The van der Waals surface area contributed by atoms with Crippen LogP contribution in [-0.2, 0) is 0 Å². The van der Waals surface area contributed by atoms with Crippen molar-refractivity contribution < 1.29 is 4.74 Å². The fraction of sp³-hybridized carbons (Fsp3) is 0.381. The monoisotopic (exact) mass is 381 g/mol. The van der Waals surface area contributed by atoms with E-state index in [1.165, 1.54) is 6.20 Å². The lowest BCUT2D eigenvalue weighted by Crippen LogP contribution is -2.44. The number of pyridine rings is 1. The van der Waals surface area contributed by atoms with Crippen LogP contribution in [0.25, 0.3) is 22.2 Å². The van der Waals surface area contributed by atoms with Crippen LogP contribution in [0.5, 0.6) is 5.75 Å². The molecule has 1 aliphatic heterocycles. The number of nitrogen functional groups attached to an aromatic ring is 1. The number of anilines is 1. The van der Waals surface area contributed by atoms with Gasteiger partial charge in [0.1, 0.15) is 5.75 Å². The maximum absolute atomic E-state index is 12.1. The smallest absolute Gasteiger partial charge is 0.257 e. The summed E-state index contributed by atoms with van der Waals surface area (Å²) < 4.78 is 5.95. The molecule has 0 aliphatic carbocycles. The molecule has 0 amide bonds. The first-order chi connectivity index (χ1) is 13.6. The third-order valence-corrected chi connectivity index (χ3v) is 5.29. The van der Waals surface area contributed by atoms with Crippen molar-refractivity contribution in [3.63, 3.8) is 0 Å². The Bertz CT molecular complexity index is 1000. The van der Waals surface area contributed by atoms with Crippen LogP contribution in [0.1, 0.15) is 6.42 Å². The Kier molecular flexibility index (Phi) is 5.36. The van der Waals surface area contributed by atoms with Gasteiger partial charge in [0.2, 0.25) is 0 Å². The summed E-state index contributed by atoms with van der Waals surface area (Å²) in [6.45, 7) is 6.33. The second-order valence-corrected chi connectivity index (χ2v) is 7.45. The van der Waals surface area contributed by atoms with Gasteiger partial charge in [-0.05, 0) is 43.8 Å². The van der Waals surface area contributed by atoms with Crippen LogP contribution >= 0.6 is 0 Å². The summed E-state index contributed by atoms with van der Waals surface area (Å²) in [5.41, 5.74) is 8.40. The molecule has 3 heterocycles. The first kappa shape index (κ1) is 18.6. The molecule has 1 aliphatic rings. The lowest BCUT2D eigenvalue weighted by molar-refractivity contribution is 0.145. The average Bonchev–Trinajstić information content (AvgIpc) is 3.11. The van der Waals surface area contributed by atoms with E-state index in [2.05, 4.69) is 26.8 Å². The third-order valence-electron chi connectivity index (χ3n) is 5.29. The average molecular weight is 381 g/mol. The molecule has 0 spiro atoms. The van der Waals surface area contributed by atoms with Gasteiger partial charge in [0, 0.05) is 55.5 Å². The van der Waals surface area contributed by atoms with Gasteiger partial charge >= 0.3 is 0 Å². The van der Waals surface area contributed by atoms with Crippen LogP contribution in [-0.4, -0.2) is 66.1 Å². The summed E-state index contributed by atoms with van der Waals surface area (Å²) in [6, 6.07) is 9.58. The molecule has 1 saturated heterocycles. The molecule has 0 bridgehead atoms. The highest BCUT2D eigenvalue weighted by molar-refractivity contribution is 5.87. The van der Waals surface area contributed by atoms with Gasteiger partial charge in [-0.15, -0.1) is 0 Å². The van der Waals surface area contributed by atoms with Gasteiger partial charge < -0.3 is 30.2 Å². The number of piperazine rings is 1. The number of fused-ring (bicyclic) bond motifs is 1. The van der Waals surface area contributed by atoms with E-state index < -0.39 is 0 Å². The van der Waals surface area contributed by atoms with Crippen molar-refractivity contribution in [1.29, 1.82) is 0 Å². The number of rotatable bonds is 6. The fourth-order valence-electron chi connectivity index (χ4n) is 3.60. The Labute approximate surface area is 164 Å². The Hall–Kier alpha value is -2.77. The number of H-pyrrole nitrogens is 2. The van der Waals surface area contributed by atoms with Crippen molar-refractivity contribution in [2.75, 3.05) is 52.1 Å². The van der Waals surface area contributed by atoms with E-state index in [0.29, 0.717) is 17.9 Å². The van der Waals surface area contributed by atoms with Gasteiger partial charge in [-0.3, -0.25) is 4.79 Å². The number of nitrogens with zero attached hydrogens (tertiary/aromatic N) is 2. The van der Waals surface area contributed by atoms with Crippen molar-refractivity contribution >= 4 is 16.6 Å². The molecule has 4 rings (SSSR count). The maximum atomic E-state index is 12.1. The van der Waals surface area contributed by atoms with E-state index in [1.54, 1.807) is 6.07 Å². The molecular formula is C21H27N5O2. The molecule has 0 atom stereocenters. The normalized spacial score (nSPS) is 15.9. The van der Waals surface area contributed by atoms with Crippen LogP contribution in [0.15, 0.2) is 41.3 Å². The van der Waals surface area contributed by atoms with Crippen molar-refractivity contribution in [3.05, 3.63) is 46.9 Å². The van der Waals surface area contributed by atoms with Gasteiger partial charge in [-0.1, -0.05) is 0 Å². The van der Waals surface area contributed by atoms with Crippen molar-refractivity contribution in [1.82, 2.24) is 19.8 Å². The number of aromatic amines is 2. The molecule has 2 aromatic heterocycles. The molecule has 0 unspecified atom stereocenters. The van der Waals surface area contributed by atoms with Gasteiger partial charge in [0.05, 0.1) is 17.9 Å². The summed E-state index contributed by atoms with van der Waals surface area (Å²) in [6.07, 6.45) is 2.52. The lowest BCUT2D eigenvalue weighted by atomic mass is 10.2. The number of nitrogens with one attached hydrogen (secondary N) is 2. The number of likely N-dealkylation sites (N-methyl/N-ethyl adjacent to an activating group) is 1. The highest BCUT2D eigenvalue weighted by atomic mass is 16.5. The van der Waals surface area contributed by atoms with Crippen LogP contribution in [0.3, 0.4) is 0 Å². The fourth-order valence-corrected chi connectivity index (χ4v) is 3.60. The standard InChI is InChI=1S/C21H27N5O2/c1-25-6-8-26(9-7-25)5-2-10-28-17-3-4-19-15(11-17)12-20(24-19)18-13-16(22)14-23-21(18)27/h3-4,11-14,24H,2,5-10,22H2,1H3,(H,23,27). The minimum atomic E-state index is -0.166. The summed E-state index contributed by atoms with van der Waals surface area (Å²) in [7, 11) is 2.17. The Morgan fingerprint density at radius 2 is 1.96 bits per heavy atom. The minimum Gasteiger partial charge on any atom is -0.494 e. The van der Waals surface area contributed by atoms with Crippen LogP contribution in [0.2, 0.25) is 0 Å². The van der Waals surface area contributed by atoms with Crippen molar-refractivity contribution in [2.45, 2.75) is 6.42 Å². The predicted octanol–water partition coefficient (Wildman–Crippen LogP) is 2.12. The number of hydrogen-bond acceptors (Lipinski definition) is 5. The van der Waals surface area contributed by atoms with Gasteiger partial charge in [0.25, 0.3) is 5.56 Å². The summed E-state index contributed by atoms with van der Waals surface area (Å²) in [5.74, 6) is 0.845. The van der Waals surface area contributed by atoms with Crippen molar-refractivity contribution in [2.24, 2.45) is 0 Å². The predicted molar refractivity (Wildman–Crippen MR) is 113 cm³/mol. The third kappa shape index (κ3) is 4.21. The maximum Gasteiger partial charge on any atom is 0.257 e. The molecule has 4 N–H and O–H groups in total. The molecule has 148 valence electrons. The number of aromatic nitrogens is 2. The van der Waals surface area contributed by atoms with Crippen LogP contribution in [0, 0.1) is 0 Å². The second-order valence-electron chi connectivity index (χ2n) is 7.45. The number of ether oxygens (including phenoxy) is 1. The first-order valence-electron chi connectivity index (χ1n) is 9.73. The van der Waals surface area contributed by atoms with E-state index in [9.17, 15) is 4.79 Å². The highest BCUT2D eigenvalue weighted by Gasteiger charge is 2.13. The zero-order valence-electron chi connectivity index (χ0n) is 16.2. The van der Waals surface area contributed by atoms with Crippen LogP contribution < -0.4 is 16.0 Å².